The minimum Gasteiger partial charge on any atom is -0.480 e. The van der Waals surface area contributed by atoms with Gasteiger partial charge in [-0.1, -0.05) is 18.2 Å². The molecular weight excluding hydrogens is 220 g/mol. The van der Waals surface area contributed by atoms with Crippen LogP contribution in [0.5, 0.6) is 0 Å². The standard InChI is InChI=1S/C12H16N2O3/c13-9(11(16)17)5-12(7-15)6-14-10-4-2-1-3-8(10)12/h1-4,9,14-15H,5-7,13H2,(H,16,17)/t9-,12-/m0/s1. The highest BCUT2D eigenvalue weighted by Gasteiger charge is 2.40. The Morgan fingerprint density at radius 3 is 2.88 bits per heavy atom. The van der Waals surface area contributed by atoms with Crippen LogP contribution in [0.1, 0.15) is 12.0 Å². The third kappa shape index (κ3) is 1.99. The molecule has 1 aliphatic rings. The molecule has 0 aromatic heterocycles. The summed E-state index contributed by atoms with van der Waals surface area (Å²) in [6.45, 7) is 0.405. The number of nitrogens with two attached hydrogens (primary N) is 1. The van der Waals surface area contributed by atoms with Gasteiger partial charge in [0.2, 0.25) is 0 Å². The minimum absolute atomic E-state index is 0.113. The Bertz CT molecular complexity index is 436. The number of nitrogens with one attached hydrogen (secondary N) is 1. The van der Waals surface area contributed by atoms with E-state index in [4.69, 9.17) is 10.8 Å². The number of rotatable bonds is 4. The van der Waals surface area contributed by atoms with Gasteiger partial charge >= 0.3 is 5.97 Å². The van der Waals surface area contributed by atoms with Gasteiger partial charge in [0.25, 0.3) is 0 Å². The van der Waals surface area contributed by atoms with Gasteiger partial charge in [-0.3, -0.25) is 4.79 Å². The SMILES string of the molecule is N[C@@H](C[C@@]1(CO)CNc2ccccc21)C(=O)O. The number of carbonyl (C=O) groups is 1. The highest BCUT2D eigenvalue weighted by Crippen LogP contribution is 2.39. The second kappa shape index (κ2) is 4.35. The molecule has 0 bridgehead atoms. The maximum absolute atomic E-state index is 10.8. The first-order chi connectivity index (χ1) is 8.09. The first-order valence-electron chi connectivity index (χ1n) is 5.52. The van der Waals surface area contributed by atoms with Crippen LogP contribution in [0.3, 0.4) is 0 Å². The normalized spacial score (nSPS) is 23.9. The van der Waals surface area contributed by atoms with E-state index < -0.39 is 17.4 Å². The zero-order valence-corrected chi connectivity index (χ0v) is 9.39. The fourth-order valence-electron chi connectivity index (χ4n) is 2.36. The number of carboxylic acids is 1. The first kappa shape index (κ1) is 11.9. The second-order valence-corrected chi connectivity index (χ2v) is 4.49. The summed E-state index contributed by atoms with van der Waals surface area (Å²) >= 11 is 0. The number of anilines is 1. The molecule has 1 aromatic rings. The number of fused-ring (bicyclic) bond motifs is 1. The van der Waals surface area contributed by atoms with Crippen LogP contribution >= 0.6 is 0 Å². The van der Waals surface area contributed by atoms with Crippen molar-refractivity contribution in [2.75, 3.05) is 18.5 Å². The van der Waals surface area contributed by atoms with Crippen molar-refractivity contribution in [3.63, 3.8) is 0 Å². The molecule has 2 atom stereocenters. The number of hydrogen-bond donors (Lipinski definition) is 4. The largest absolute Gasteiger partial charge is 0.480 e. The van der Waals surface area contributed by atoms with Gasteiger partial charge in [0.1, 0.15) is 6.04 Å². The Balaban J connectivity index is 2.31. The number of benzene rings is 1. The molecule has 5 nitrogen and oxygen atoms in total. The summed E-state index contributed by atoms with van der Waals surface area (Å²) in [5.74, 6) is -1.04. The van der Waals surface area contributed by atoms with Crippen molar-refractivity contribution in [1.29, 1.82) is 0 Å². The van der Waals surface area contributed by atoms with Gasteiger partial charge in [0.05, 0.1) is 6.61 Å². The summed E-state index contributed by atoms with van der Waals surface area (Å²) in [6, 6.07) is 6.63. The van der Waals surface area contributed by atoms with Crippen LogP contribution in [-0.2, 0) is 10.2 Å². The van der Waals surface area contributed by atoms with Crippen LogP contribution in [0.4, 0.5) is 5.69 Å². The Hall–Kier alpha value is -1.59. The number of aliphatic hydroxyl groups is 1. The van der Waals surface area contributed by atoms with Crippen molar-refractivity contribution in [3.8, 4) is 0 Å². The summed E-state index contributed by atoms with van der Waals surface area (Å²) in [5, 5.41) is 21.7. The van der Waals surface area contributed by atoms with Crippen LogP contribution < -0.4 is 11.1 Å². The average molecular weight is 236 g/mol. The molecule has 1 heterocycles. The molecule has 5 N–H and O–H groups in total. The molecule has 2 rings (SSSR count). The topological polar surface area (TPSA) is 95.6 Å². The van der Waals surface area contributed by atoms with Gasteiger partial charge in [-0.25, -0.2) is 0 Å². The van der Waals surface area contributed by atoms with Crippen molar-refractivity contribution >= 4 is 11.7 Å². The van der Waals surface area contributed by atoms with Crippen LogP contribution in [-0.4, -0.2) is 35.4 Å². The highest BCUT2D eigenvalue weighted by atomic mass is 16.4. The Labute approximate surface area is 99.3 Å². The molecule has 92 valence electrons. The van der Waals surface area contributed by atoms with Crippen molar-refractivity contribution < 1.29 is 15.0 Å². The third-order valence-electron chi connectivity index (χ3n) is 3.35. The van der Waals surface area contributed by atoms with Crippen LogP contribution in [0.25, 0.3) is 0 Å². The lowest BCUT2D eigenvalue weighted by Crippen LogP contribution is -2.43. The van der Waals surface area contributed by atoms with Crippen molar-refractivity contribution in [3.05, 3.63) is 29.8 Å². The van der Waals surface area contributed by atoms with E-state index in [9.17, 15) is 9.90 Å². The second-order valence-electron chi connectivity index (χ2n) is 4.49. The maximum Gasteiger partial charge on any atom is 0.320 e. The highest BCUT2D eigenvalue weighted by molar-refractivity contribution is 5.74. The lowest BCUT2D eigenvalue weighted by molar-refractivity contribution is -0.139. The van der Waals surface area contributed by atoms with E-state index in [1.54, 1.807) is 0 Å². The van der Waals surface area contributed by atoms with Gasteiger partial charge < -0.3 is 21.3 Å². The van der Waals surface area contributed by atoms with E-state index in [0.29, 0.717) is 6.54 Å². The van der Waals surface area contributed by atoms with E-state index in [2.05, 4.69) is 5.32 Å². The quantitative estimate of drug-likeness (QED) is 0.596. The lowest BCUT2D eigenvalue weighted by atomic mass is 9.78. The van der Waals surface area contributed by atoms with Crippen LogP contribution in [0.2, 0.25) is 0 Å². The molecule has 0 saturated carbocycles. The fourth-order valence-corrected chi connectivity index (χ4v) is 2.36. The zero-order chi connectivity index (χ0) is 12.5. The average Bonchev–Trinajstić information content (AvgIpc) is 2.69. The maximum atomic E-state index is 10.8. The molecule has 0 radical (unpaired) electrons. The molecule has 17 heavy (non-hydrogen) atoms. The van der Waals surface area contributed by atoms with Gasteiger partial charge in [-0.15, -0.1) is 0 Å². The van der Waals surface area contributed by atoms with Gasteiger partial charge in [0, 0.05) is 17.6 Å². The molecule has 0 aliphatic carbocycles. The van der Waals surface area contributed by atoms with E-state index in [1.165, 1.54) is 0 Å². The molecule has 5 heteroatoms. The predicted octanol–water partition coefficient (Wildman–Crippen LogP) is 0.144. The minimum atomic E-state index is -1.04. The zero-order valence-electron chi connectivity index (χ0n) is 9.39. The first-order valence-corrected chi connectivity index (χ1v) is 5.52. The van der Waals surface area contributed by atoms with Crippen molar-refractivity contribution in [2.45, 2.75) is 17.9 Å². The van der Waals surface area contributed by atoms with Crippen molar-refractivity contribution in [2.24, 2.45) is 5.73 Å². The van der Waals surface area contributed by atoms with Gasteiger partial charge in [0.15, 0.2) is 0 Å². The molecule has 0 fully saturated rings. The van der Waals surface area contributed by atoms with E-state index in [0.717, 1.165) is 11.3 Å². The van der Waals surface area contributed by atoms with E-state index in [-0.39, 0.29) is 13.0 Å². The smallest absolute Gasteiger partial charge is 0.320 e. The van der Waals surface area contributed by atoms with Crippen LogP contribution in [0.15, 0.2) is 24.3 Å². The monoisotopic (exact) mass is 236 g/mol. The molecule has 0 amide bonds. The fraction of sp³-hybridized carbons (Fsp3) is 0.417. The molecule has 1 aromatic carbocycles. The number of aliphatic carboxylic acids is 1. The molecule has 0 unspecified atom stereocenters. The molecule has 0 saturated heterocycles. The summed E-state index contributed by atoms with van der Waals surface area (Å²) < 4.78 is 0. The number of aliphatic hydroxyl groups excluding tert-OH is 1. The Morgan fingerprint density at radius 1 is 1.53 bits per heavy atom. The lowest BCUT2D eigenvalue weighted by Gasteiger charge is -2.28. The van der Waals surface area contributed by atoms with E-state index >= 15 is 0 Å². The summed E-state index contributed by atoms with van der Waals surface area (Å²) in [5.41, 5.74) is 6.87. The molecule has 0 spiro atoms. The van der Waals surface area contributed by atoms with Gasteiger partial charge in [-0.2, -0.15) is 0 Å². The third-order valence-corrected chi connectivity index (χ3v) is 3.35. The Kier molecular flexibility index (Phi) is 3.04. The number of para-hydroxylation sites is 1. The van der Waals surface area contributed by atoms with Crippen molar-refractivity contribution in [1.82, 2.24) is 0 Å². The summed E-state index contributed by atoms with van der Waals surface area (Å²) in [4.78, 5) is 10.8. The summed E-state index contributed by atoms with van der Waals surface area (Å²) in [7, 11) is 0. The molecular formula is C12H16N2O3. The predicted molar refractivity (Wildman–Crippen MR) is 63.9 cm³/mol. The van der Waals surface area contributed by atoms with Gasteiger partial charge in [-0.05, 0) is 18.1 Å². The number of hydrogen-bond acceptors (Lipinski definition) is 4. The Morgan fingerprint density at radius 2 is 2.24 bits per heavy atom. The summed E-state index contributed by atoms with van der Waals surface area (Å²) in [6.07, 6.45) is 0.225. The molecule has 1 aliphatic heterocycles. The van der Waals surface area contributed by atoms with Crippen LogP contribution in [0, 0.1) is 0 Å². The van der Waals surface area contributed by atoms with E-state index in [1.807, 2.05) is 24.3 Å². The number of carboxylic acid groups (broad SMARTS) is 1.